The van der Waals surface area contributed by atoms with E-state index < -0.39 is 0 Å². The zero-order valence-corrected chi connectivity index (χ0v) is 8.31. The van der Waals surface area contributed by atoms with Gasteiger partial charge in [0.1, 0.15) is 0 Å². The molecule has 1 heteroatoms. The van der Waals surface area contributed by atoms with Gasteiger partial charge in [-0.15, -0.1) is 0 Å². The number of ether oxygens (including phenoxy) is 1. The quantitative estimate of drug-likeness (QED) is 0.575. The number of rotatable bonds is 2. The molecule has 1 aliphatic rings. The van der Waals surface area contributed by atoms with E-state index in [0.29, 0.717) is 6.10 Å². The molecule has 0 aromatic carbocycles. The van der Waals surface area contributed by atoms with Gasteiger partial charge in [-0.25, -0.2) is 0 Å². The molecule has 12 heavy (non-hydrogen) atoms. The van der Waals surface area contributed by atoms with Gasteiger partial charge in [0, 0.05) is 6.61 Å². The van der Waals surface area contributed by atoms with Crippen LogP contribution >= 0.6 is 0 Å². The molecule has 1 unspecified atom stereocenters. The van der Waals surface area contributed by atoms with Crippen molar-refractivity contribution in [2.75, 3.05) is 6.61 Å². The lowest BCUT2D eigenvalue weighted by molar-refractivity contribution is 0.0474. The highest BCUT2D eigenvalue weighted by Gasteiger charge is 2.15. The lowest BCUT2D eigenvalue weighted by Crippen LogP contribution is -2.14. The highest BCUT2D eigenvalue weighted by Crippen LogP contribution is 2.22. The van der Waals surface area contributed by atoms with E-state index in [9.17, 15) is 0 Å². The summed E-state index contributed by atoms with van der Waals surface area (Å²) in [5.74, 6) is 0.737. The van der Waals surface area contributed by atoms with E-state index in [0.717, 1.165) is 31.8 Å². The Morgan fingerprint density at radius 1 is 1.58 bits per heavy atom. The van der Waals surface area contributed by atoms with Gasteiger partial charge in [0.2, 0.25) is 0 Å². The summed E-state index contributed by atoms with van der Waals surface area (Å²) >= 11 is 0. The van der Waals surface area contributed by atoms with E-state index in [4.69, 9.17) is 4.74 Å². The molecule has 0 aromatic rings. The first-order chi connectivity index (χ1) is 5.68. The molecule has 1 heterocycles. The lowest BCUT2D eigenvalue weighted by atomic mass is 9.99. The first-order valence-electron chi connectivity index (χ1n) is 4.96. The fourth-order valence-corrected chi connectivity index (χ4v) is 1.73. The Bertz CT molecular complexity index is 149. The normalized spacial score (nSPS) is 25.9. The van der Waals surface area contributed by atoms with Crippen LogP contribution in [0.1, 0.15) is 39.5 Å². The van der Waals surface area contributed by atoms with Crippen molar-refractivity contribution in [1.82, 2.24) is 0 Å². The minimum absolute atomic E-state index is 0.444. The summed E-state index contributed by atoms with van der Waals surface area (Å²) in [6, 6.07) is 0. The van der Waals surface area contributed by atoms with E-state index in [2.05, 4.69) is 20.4 Å². The van der Waals surface area contributed by atoms with Crippen LogP contribution in [0.4, 0.5) is 0 Å². The third-order valence-electron chi connectivity index (χ3n) is 2.28. The first-order valence-corrected chi connectivity index (χ1v) is 4.96. The molecule has 1 fully saturated rings. The highest BCUT2D eigenvalue weighted by molar-refractivity contribution is 4.97. The number of hydrogen-bond acceptors (Lipinski definition) is 1. The molecule has 70 valence electrons. The molecule has 1 aliphatic heterocycles. The van der Waals surface area contributed by atoms with Gasteiger partial charge in [-0.1, -0.05) is 26.0 Å². The Morgan fingerprint density at radius 2 is 2.33 bits per heavy atom. The Labute approximate surface area is 75.8 Å². The average Bonchev–Trinajstić information content (AvgIpc) is 2.12. The van der Waals surface area contributed by atoms with Crippen molar-refractivity contribution in [1.29, 1.82) is 0 Å². The number of hydrogen-bond donors (Lipinski definition) is 0. The average molecular weight is 168 g/mol. The van der Waals surface area contributed by atoms with Crippen molar-refractivity contribution in [3.8, 4) is 0 Å². The van der Waals surface area contributed by atoms with Gasteiger partial charge in [-0.05, 0) is 31.6 Å². The predicted molar refractivity (Wildman–Crippen MR) is 52.2 cm³/mol. The molecule has 0 spiro atoms. The van der Waals surface area contributed by atoms with E-state index in [1.165, 1.54) is 12.0 Å². The summed E-state index contributed by atoms with van der Waals surface area (Å²) in [4.78, 5) is 0. The van der Waals surface area contributed by atoms with Gasteiger partial charge in [0.25, 0.3) is 0 Å². The summed E-state index contributed by atoms with van der Waals surface area (Å²) in [5.41, 5.74) is 1.37. The van der Waals surface area contributed by atoms with Gasteiger partial charge in [-0.3, -0.25) is 0 Å². The molecular formula is C11H20O. The molecular weight excluding hydrogens is 148 g/mol. The van der Waals surface area contributed by atoms with Crippen molar-refractivity contribution in [2.24, 2.45) is 5.92 Å². The SMILES string of the molecule is C=C1CCCOC(CC(C)C)C1. The minimum Gasteiger partial charge on any atom is -0.378 e. The molecule has 0 radical (unpaired) electrons. The summed E-state index contributed by atoms with van der Waals surface area (Å²) in [7, 11) is 0. The molecule has 0 saturated carbocycles. The summed E-state index contributed by atoms with van der Waals surface area (Å²) in [6.45, 7) is 9.47. The smallest absolute Gasteiger partial charge is 0.0614 e. The van der Waals surface area contributed by atoms with E-state index >= 15 is 0 Å². The monoisotopic (exact) mass is 168 g/mol. The summed E-state index contributed by atoms with van der Waals surface area (Å²) < 4.78 is 5.72. The lowest BCUT2D eigenvalue weighted by Gasteiger charge is -2.17. The van der Waals surface area contributed by atoms with E-state index in [1.54, 1.807) is 0 Å². The third kappa shape index (κ3) is 3.40. The van der Waals surface area contributed by atoms with Crippen LogP contribution in [0.25, 0.3) is 0 Å². The van der Waals surface area contributed by atoms with Gasteiger partial charge < -0.3 is 4.74 Å². The van der Waals surface area contributed by atoms with Crippen LogP contribution in [0.3, 0.4) is 0 Å². The van der Waals surface area contributed by atoms with Crippen molar-refractivity contribution in [3.05, 3.63) is 12.2 Å². The van der Waals surface area contributed by atoms with E-state index in [-0.39, 0.29) is 0 Å². The topological polar surface area (TPSA) is 9.23 Å². The first kappa shape index (κ1) is 9.79. The summed E-state index contributed by atoms with van der Waals surface area (Å²) in [6.07, 6.45) is 5.03. The fraction of sp³-hybridized carbons (Fsp3) is 0.818. The second kappa shape index (κ2) is 4.66. The van der Waals surface area contributed by atoms with Crippen molar-refractivity contribution in [3.63, 3.8) is 0 Å². The van der Waals surface area contributed by atoms with Crippen molar-refractivity contribution < 1.29 is 4.74 Å². The molecule has 0 amide bonds. The molecule has 0 N–H and O–H groups in total. The molecule has 0 aromatic heterocycles. The molecule has 0 bridgehead atoms. The highest BCUT2D eigenvalue weighted by atomic mass is 16.5. The maximum Gasteiger partial charge on any atom is 0.0614 e. The van der Waals surface area contributed by atoms with Gasteiger partial charge in [0.15, 0.2) is 0 Å². The van der Waals surface area contributed by atoms with Crippen molar-refractivity contribution in [2.45, 2.75) is 45.6 Å². The Morgan fingerprint density at radius 3 is 3.00 bits per heavy atom. The molecule has 0 aliphatic carbocycles. The van der Waals surface area contributed by atoms with Crippen LogP contribution in [-0.2, 0) is 4.74 Å². The maximum absolute atomic E-state index is 5.72. The molecule has 1 nitrogen and oxygen atoms in total. The second-order valence-corrected chi connectivity index (χ2v) is 4.18. The maximum atomic E-state index is 5.72. The van der Waals surface area contributed by atoms with Crippen LogP contribution < -0.4 is 0 Å². The molecule has 1 atom stereocenters. The molecule has 1 saturated heterocycles. The second-order valence-electron chi connectivity index (χ2n) is 4.18. The Kier molecular flexibility index (Phi) is 3.80. The van der Waals surface area contributed by atoms with Gasteiger partial charge in [0.05, 0.1) is 6.10 Å². The molecule has 1 rings (SSSR count). The van der Waals surface area contributed by atoms with Crippen molar-refractivity contribution >= 4 is 0 Å². The predicted octanol–water partition coefficient (Wildman–Crippen LogP) is 3.16. The van der Waals surface area contributed by atoms with Crippen LogP contribution in [-0.4, -0.2) is 12.7 Å². The van der Waals surface area contributed by atoms with Crippen LogP contribution in [0.15, 0.2) is 12.2 Å². The fourth-order valence-electron chi connectivity index (χ4n) is 1.73. The van der Waals surface area contributed by atoms with Crippen LogP contribution in [0.5, 0.6) is 0 Å². The Balaban J connectivity index is 2.36. The van der Waals surface area contributed by atoms with Gasteiger partial charge >= 0.3 is 0 Å². The van der Waals surface area contributed by atoms with E-state index in [1.807, 2.05) is 0 Å². The zero-order chi connectivity index (χ0) is 8.97. The van der Waals surface area contributed by atoms with Crippen LogP contribution in [0, 0.1) is 5.92 Å². The van der Waals surface area contributed by atoms with Crippen LogP contribution in [0.2, 0.25) is 0 Å². The third-order valence-corrected chi connectivity index (χ3v) is 2.28. The Hall–Kier alpha value is -0.300. The largest absolute Gasteiger partial charge is 0.378 e. The minimum atomic E-state index is 0.444. The summed E-state index contributed by atoms with van der Waals surface area (Å²) in [5, 5.41) is 0. The van der Waals surface area contributed by atoms with Gasteiger partial charge in [-0.2, -0.15) is 0 Å². The standard InChI is InChI=1S/C11H20O/c1-9(2)7-11-8-10(3)5-4-6-12-11/h9,11H,3-8H2,1-2H3. The zero-order valence-electron chi connectivity index (χ0n) is 8.31.